The van der Waals surface area contributed by atoms with Gasteiger partial charge in [-0.2, -0.15) is 0 Å². The van der Waals surface area contributed by atoms with Gasteiger partial charge in [0.25, 0.3) is 0 Å². The van der Waals surface area contributed by atoms with Crippen molar-refractivity contribution in [2.24, 2.45) is 0 Å². The van der Waals surface area contributed by atoms with Crippen LogP contribution in [0.3, 0.4) is 0 Å². The number of tetrazole rings is 1. The number of Topliss-reactive ketones (excluding diaryl/α,β-unsaturated/α-hetero) is 1. The van der Waals surface area contributed by atoms with Gasteiger partial charge >= 0.3 is 5.97 Å². The van der Waals surface area contributed by atoms with Crippen LogP contribution in [0.4, 0.5) is 0 Å². The molecule has 1 saturated carbocycles. The van der Waals surface area contributed by atoms with Gasteiger partial charge in [-0.25, -0.2) is 4.68 Å². The van der Waals surface area contributed by atoms with Crippen molar-refractivity contribution in [3.63, 3.8) is 0 Å². The Labute approximate surface area is 162 Å². The van der Waals surface area contributed by atoms with Crippen LogP contribution in [0.15, 0.2) is 54.6 Å². The largest absolute Gasteiger partial charge is 0.457 e. The number of ketones is 1. The van der Waals surface area contributed by atoms with Crippen molar-refractivity contribution in [3.8, 4) is 11.1 Å². The number of benzene rings is 2. The molecule has 1 aromatic heterocycles. The SMILES string of the molecule is O=C(CCC(=O)c1ccc(-c2ccccc2)cc1)OCc1nnnn1C1CC1. The summed E-state index contributed by atoms with van der Waals surface area (Å²) < 4.78 is 6.91. The monoisotopic (exact) mass is 376 g/mol. The van der Waals surface area contributed by atoms with Crippen molar-refractivity contribution in [1.29, 1.82) is 0 Å². The summed E-state index contributed by atoms with van der Waals surface area (Å²) in [6, 6.07) is 17.7. The summed E-state index contributed by atoms with van der Waals surface area (Å²) >= 11 is 0. The number of carbonyl (C=O) groups is 2. The normalized spacial score (nSPS) is 13.3. The lowest BCUT2D eigenvalue weighted by Crippen LogP contribution is -2.11. The van der Waals surface area contributed by atoms with E-state index in [4.69, 9.17) is 4.74 Å². The van der Waals surface area contributed by atoms with Crippen LogP contribution in [0.5, 0.6) is 0 Å². The van der Waals surface area contributed by atoms with Crippen LogP contribution < -0.4 is 0 Å². The van der Waals surface area contributed by atoms with Gasteiger partial charge in [0.15, 0.2) is 18.2 Å². The molecule has 0 unspecified atom stereocenters. The third-order valence-corrected chi connectivity index (χ3v) is 4.69. The molecule has 0 bridgehead atoms. The molecule has 0 spiro atoms. The van der Waals surface area contributed by atoms with Gasteiger partial charge in [-0.1, -0.05) is 54.6 Å². The van der Waals surface area contributed by atoms with Crippen LogP contribution in [-0.4, -0.2) is 32.0 Å². The topological polar surface area (TPSA) is 87.0 Å². The Balaban J connectivity index is 1.26. The second-order valence-electron chi connectivity index (χ2n) is 6.80. The highest BCUT2D eigenvalue weighted by Gasteiger charge is 2.28. The number of ether oxygens (including phenoxy) is 1. The fraction of sp³-hybridized carbons (Fsp3) is 0.286. The van der Waals surface area contributed by atoms with Crippen molar-refractivity contribution in [2.75, 3.05) is 0 Å². The summed E-state index contributed by atoms with van der Waals surface area (Å²) in [4.78, 5) is 24.3. The third kappa shape index (κ3) is 4.31. The lowest BCUT2D eigenvalue weighted by atomic mass is 10.0. The maximum Gasteiger partial charge on any atom is 0.306 e. The molecule has 1 aliphatic carbocycles. The van der Waals surface area contributed by atoms with E-state index >= 15 is 0 Å². The first-order valence-corrected chi connectivity index (χ1v) is 9.32. The number of rotatable bonds is 8. The molecule has 3 aromatic rings. The lowest BCUT2D eigenvalue weighted by Gasteiger charge is -2.06. The van der Waals surface area contributed by atoms with Gasteiger partial charge in [-0.05, 0) is 34.4 Å². The molecule has 7 heteroatoms. The zero-order valence-corrected chi connectivity index (χ0v) is 15.3. The van der Waals surface area contributed by atoms with E-state index in [9.17, 15) is 9.59 Å². The molecule has 0 atom stereocenters. The quantitative estimate of drug-likeness (QED) is 0.442. The minimum atomic E-state index is -0.431. The van der Waals surface area contributed by atoms with Crippen molar-refractivity contribution in [3.05, 3.63) is 66.0 Å². The Kier molecular flexibility index (Phi) is 5.23. The highest BCUT2D eigenvalue weighted by molar-refractivity contribution is 5.97. The Morgan fingerprint density at radius 1 is 0.964 bits per heavy atom. The van der Waals surface area contributed by atoms with Gasteiger partial charge in [0.05, 0.1) is 12.5 Å². The Hall–Kier alpha value is -3.35. The molecule has 1 aliphatic rings. The molecule has 0 saturated heterocycles. The maximum absolute atomic E-state index is 12.3. The summed E-state index contributed by atoms with van der Waals surface area (Å²) in [5.74, 6) is 0.0256. The van der Waals surface area contributed by atoms with E-state index in [1.54, 1.807) is 16.8 Å². The van der Waals surface area contributed by atoms with E-state index in [1.165, 1.54) is 0 Å². The fourth-order valence-electron chi connectivity index (χ4n) is 2.97. The van der Waals surface area contributed by atoms with Crippen LogP contribution in [-0.2, 0) is 16.1 Å². The number of aromatic nitrogens is 4. The van der Waals surface area contributed by atoms with Crippen LogP contribution in [0.1, 0.15) is 47.9 Å². The fourth-order valence-corrected chi connectivity index (χ4v) is 2.97. The third-order valence-electron chi connectivity index (χ3n) is 4.69. The Bertz CT molecular complexity index is 963. The first kappa shape index (κ1) is 18.0. The standard InChI is InChI=1S/C21H20N4O3/c26-19(17-8-6-16(7-9-17)15-4-2-1-3-5-15)12-13-21(27)28-14-20-22-23-24-25(20)18-10-11-18/h1-9,18H,10-14H2. The summed E-state index contributed by atoms with van der Waals surface area (Å²) in [7, 11) is 0. The van der Waals surface area contributed by atoms with E-state index in [-0.39, 0.29) is 25.2 Å². The van der Waals surface area contributed by atoms with Crippen LogP contribution in [0.2, 0.25) is 0 Å². The number of hydrogen-bond acceptors (Lipinski definition) is 6. The molecule has 4 rings (SSSR count). The molecule has 142 valence electrons. The minimum absolute atomic E-state index is 0.0301. The molecular formula is C21H20N4O3. The molecule has 0 aliphatic heterocycles. The summed E-state index contributed by atoms with van der Waals surface area (Å²) in [5.41, 5.74) is 2.73. The Morgan fingerprint density at radius 3 is 2.39 bits per heavy atom. The van der Waals surface area contributed by atoms with E-state index in [2.05, 4.69) is 15.5 Å². The molecule has 7 nitrogen and oxygen atoms in total. The van der Waals surface area contributed by atoms with Crippen LogP contribution in [0, 0.1) is 0 Å². The van der Waals surface area contributed by atoms with E-state index in [1.807, 2.05) is 42.5 Å². The predicted octanol–water partition coefficient (Wildman–Crippen LogP) is 3.38. The number of esters is 1. The second kappa shape index (κ2) is 8.12. The maximum atomic E-state index is 12.3. The second-order valence-corrected chi connectivity index (χ2v) is 6.80. The zero-order valence-electron chi connectivity index (χ0n) is 15.3. The smallest absolute Gasteiger partial charge is 0.306 e. The molecule has 28 heavy (non-hydrogen) atoms. The van der Waals surface area contributed by atoms with Crippen molar-refractivity contribution >= 4 is 11.8 Å². The van der Waals surface area contributed by atoms with Crippen molar-refractivity contribution < 1.29 is 14.3 Å². The molecular weight excluding hydrogens is 356 g/mol. The molecule has 1 heterocycles. The van der Waals surface area contributed by atoms with Gasteiger partial charge < -0.3 is 4.74 Å². The predicted molar refractivity (Wildman–Crippen MR) is 101 cm³/mol. The van der Waals surface area contributed by atoms with Gasteiger partial charge in [0.2, 0.25) is 0 Å². The highest BCUT2D eigenvalue weighted by Crippen LogP contribution is 2.34. The van der Waals surface area contributed by atoms with E-state index in [0.29, 0.717) is 17.4 Å². The summed E-state index contributed by atoms with van der Waals surface area (Å²) in [6.07, 6.45) is 2.23. The molecule has 0 N–H and O–H groups in total. The van der Waals surface area contributed by atoms with E-state index in [0.717, 1.165) is 24.0 Å². The zero-order chi connectivity index (χ0) is 19.3. The molecule has 0 radical (unpaired) electrons. The average molecular weight is 376 g/mol. The van der Waals surface area contributed by atoms with E-state index < -0.39 is 5.97 Å². The molecule has 2 aromatic carbocycles. The van der Waals surface area contributed by atoms with Gasteiger partial charge in [-0.15, -0.1) is 5.10 Å². The Morgan fingerprint density at radius 2 is 1.68 bits per heavy atom. The summed E-state index contributed by atoms with van der Waals surface area (Å²) in [6.45, 7) is 0.0301. The lowest BCUT2D eigenvalue weighted by molar-refractivity contribution is -0.145. The first-order chi connectivity index (χ1) is 13.7. The number of nitrogens with zero attached hydrogens (tertiary/aromatic N) is 4. The molecule has 0 amide bonds. The van der Waals surface area contributed by atoms with Gasteiger partial charge in [0, 0.05) is 12.0 Å². The molecule has 1 fully saturated rings. The highest BCUT2D eigenvalue weighted by atomic mass is 16.5. The first-order valence-electron chi connectivity index (χ1n) is 9.32. The van der Waals surface area contributed by atoms with Crippen LogP contribution >= 0.6 is 0 Å². The van der Waals surface area contributed by atoms with Crippen LogP contribution in [0.25, 0.3) is 11.1 Å². The summed E-state index contributed by atoms with van der Waals surface area (Å²) in [5, 5.41) is 11.4. The van der Waals surface area contributed by atoms with Crippen molar-refractivity contribution in [1.82, 2.24) is 20.2 Å². The average Bonchev–Trinajstić information content (AvgIpc) is 3.48. The van der Waals surface area contributed by atoms with Gasteiger partial charge in [-0.3, -0.25) is 9.59 Å². The number of carbonyl (C=O) groups excluding carboxylic acids is 2. The number of hydrogen-bond donors (Lipinski definition) is 0. The van der Waals surface area contributed by atoms with Crippen molar-refractivity contribution in [2.45, 2.75) is 38.3 Å². The minimum Gasteiger partial charge on any atom is -0.457 e. The van der Waals surface area contributed by atoms with Gasteiger partial charge in [0.1, 0.15) is 0 Å².